The van der Waals surface area contributed by atoms with Crippen LogP contribution in [0, 0.1) is 13.8 Å². The van der Waals surface area contributed by atoms with Gasteiger partial charge in [0, 0.05) is 19.3 Å². The normalized spacial score (nSPS) is 12.6. The highest BCUT2D eigenvalue weighted by atomic mass is 15.2. The summed E-state index contributed by atoms with van der Waals surface area (Å²) in [7, 11) is 1.97. The Morgan fingerprint density at radius 2 is 2.00 bits per heavy atom. The summed E-state index contributed by atoms with van der Waals surface area (Å²) < 4.78 is 1.88. The molecule has 3 heteroatoms. The van der Waals surface area contributed by atoms with Gasteiger partial charge in [0.25, 0.3) is 0 Å². The second-order valence-corrected chi connectivity index (χ2v) is 5.94. The third-order valence-electron chi connectivity index (χ3n) is 4.09. The number of rotatable bonds is 7. The third-order valence-corrected chi connectivity index (χ3v) is 4.09. The van der Waals surface area contributed by atoms with Gasteiger partial charge in [-0.05, 0) is 61.9 Å². The SMILES string of the molecule is CCNC(CCc1cnn(C)c1)Cc1ccc(C)c(C)c1. The number of hydrogen-bond donors (Lipinski definition) is 1. The van der Waals surface area contributed by atoms with E-state index in [-0.39, 0.29) is 0 Å². The van der Waals surface area contributed by atoms with Crippen LogP contribution in [0.3, 0.4) is 0 Å². The highest BCUT2D eigenvalue weighted by Gasteiger charge is 2.10. The van der Waals surface area contributed by atoms with Crippen LogP contribution in [0.15, 0.2) is 30.6 Å². The van der Waals surface area contributed by atoms with Crippen molar-refractivity contribution in [3.63, 3.8) is 0 Å². The quantitative estimate of drug-likeness (QED) is 0.846. The fraction of sp³-hybridized carbons (Fsp3) is 0.500. The van der Waals surface area contributed by atoms with E-state index in [1.54, 1.807) is 0 Å². The monoisotopic (exact) mass is 285 g/mol. The lowest BCUT2D eigenvalue weighted by Crippen LogP contribution is -2.31. The van der Waals surface area contributed by atoms with Gasteiger partial charge < -0.3 is 5.32 Å². The summed E-state index contributed by atoms with van der Waals surface area (Å²) in [6, 6.07) is 7.34. The maximum atomic E-state index is 4.24. The standard InChI is InChI=1S/C18H27N3/c1-5-19-18(9-8-17-12-20-21(4)13-17)11-16-7-6-14(2)15(3)10-16/h6-7,10,12-13,18-19H,5,8-9,11H2,1-4H3. The zero-order chi connectivity index (χ0) is 15.2. The number of hydrogen-bond acceptors (Lipinski definition) is 2. The van der Waals surface area contributed by atoms with Crippen molar-refractivity contribution in [1.82, 2.24) is 15.1 Å². The predicted octanol–water partition coefficient (Wildman–Crippen LogP) is 3.19. The summed E-state index contributed by atoms with van der Waals surface area (Å²) >= 11 is 0. The van der Waals surface area contributed by atoms with Gasteiger partial charge in [-0.2, -0.15) is 5.10 Å². The largest absolute Gasteiger partial charge is 0.314 e. The maximum absolute atomic E-state index is 4.24. The van der Waals surface area contributed by atoms with Crippen LogP contribution in [0.1, 0.15) is 35.6 Å². The van der Waals surface area contributed by atoms with Gasteiger partial charge >= 0.3 is 0 Å². The van der Waals surface area contributed by atoms with E-state index in [0.717, 1.165) is 25.8 Å². The fourth-order valence-electron chi connectivity index (χ4n) is 2.72. The Morgan fingerprint density at radius 1 is 1.19 bits per heavy atom. The van der Waals surface area contributed by atoms with Gasteiger partial charge in [0.05, 0.1) is 6.20 Å². The second-order valence-electron chi connectivity index (χ2n) is 5.94. The topological polar surface area (TPSA) is 29.9 Å². The van der Waals surface area contributed by atoms with Gasteiger partial charge in [0.15, 0.2) is 0 Å². The number of nitrogens with zero attached hydrogens (tertiary/aromatic N) is 2. The smallest absolute Gasteiger partial charge is 0.0521 e. The molecule has 1 aromatic heterocycles. The predicted molar refractivity (Wildman–Crippen MR) is 88.6 cm³/mol. The van der Waals surface area contributed by atoms with E-state index in [1.807, 2.05) is 17.9 Å². The molecule has 21 heavy (non-hydrogen) atoms. The van der Waals surface area contributed by atoms with Crippen LogP contribution >= 0.6 is 0 Å². The number of aromatic nitrogens is 2. The van der Waals surface area contributed by atoms with E-state index < -0.39 is 0 Å². The lowest BCUT2D eigenvalue weighted by molar-refractivity contribution is 0.491. The Morgan fingerprint density at radius 3 is 2.62 bits per heavy atom. The van der Waals surface area contributed by atoms with Gasteiger partial charge in [0.1, 0.15) is 0 Å². The molecule has 1 unspecified atom stereocenters. The number of aryl methyl sites for hydroxylation is 4. The molecule has 0 saturated heterocycles. The molecule has 1 N–H and O–H groups in total. The van der Waals surface area contributed by atoms with E-state index in [1.165, 1.54) is 22.3 Å². The van der Waals surface area contributed by atoms with E-state index in [2.05, 4.69) is 55.6 Å². The van der Waals surface area contributed by atoms with Crippen LogP contribution in [-0.2, 0) is 19.9 Å². The maximum Gasteiger partial charge on any atom is 0.0521 e. The average Bonchev–Trinajstić information content (AvgIpc) is 2.86. The van der Waals surface area contributed by atoms with Gasteiger partial charge in [-0.3, -0.25) is 4.68 Å². The molecular weight excluding hydrogens is 258 g/mol. The summed E-state index contributed by atoms with van der Waals surface area (Å²) in [4.78, 5) is 0. The molecule has 2 rings (SSSR count). The summed E-state index contributed by atoms with van der Waals surface area (Å²) in [5, 5.41) is 7.86. The van der Waals surface area contributed by atoms with Crippen LogP contribution in [-0.4, -0.2) is 22.4 Å². The molecule has 0 radical (unpaired) electrons. The van der Waals surface area contributed by atoms with Crippen LogP contribution in [0.25, 0.3) is 0 Å². The summed E-state index contributed by atoms with van der Waals surface area (Å²) in [5.41, 5.74) is 5.50. The van der Waals surface area contributed by atoms with E-state index in [0.29, 0.717) is 6.04 Å². The summed E-state index contributed by atoms with van der Waals surface area (Å²) in [6.45, 7) is 7.56. The molecule has 0 spiro atoms. The minimum Gasteiger partial charge on any atom is -0.314 e. The third kappa shape index (κ3) is 4.71. The first kappa shape index (κ1) is 15.8. The fourth-order valence-corrected chi connectivity index (χ4v) is 2.72. The van der Waals surface area contributed by atoms with Crippen molar-refractivity contribution >= 4 is 0 Å². The Balaban J connectivity index is 1.96. The van der Waals surface area contributed by atoms with E-state index >= 15 is 0 Å². The first-order chi connectivity index (χ1) is 10.1. The number of nitrogens with one attached hydrogen (secondary N) is 1. The molecule has 0 aliphatic carbocycles. The van der Waals surface area contributed by atoms with Crippen LogP contribution in [0.4, 0.5) is 0 Å². The molecule has 0 aliphatic rings. The Hall–Kier alpha value is -1.61. The lowest BCUT2D eigenvalue weighted by Gasteiger charge is -2.18. The number of benzene rings is 1. The Kier molecular flexibility index (Phi) is 5.57. The average molecular weight is 285 g/mol. The first-order valence-corrected chi connectivity index (χ1v) is 7.85. The highest BCUT2D eigenvalue weighted by Crippen LogP contribution is 2.14. The lowest BCUT2D eigenvalue weighted by atomic mass is 9.97. The molecular formula is C18H27N3. The van der Waals surface area contributed by atoms with Crippen molar-refractivity contribution in [3.05, 3.63) is 52.8 Å². The van der Waals surface area contributed by atoms with Crippen molar-refractivity contribution in [2.45, 2.75) is 46.1 Å². The molecule has 0 saturated carbocycles. The van der Waals surface area contributed by atoms with Crippen LogP contribution in [0.5, 0.6) is 0 Å². The second kappa shape index (κ2) is 7.41. The van der Waals surface area contributed by atoms with Crippen molar-refractivity contribution in [2.24, 2.45) is 7.05 Å². The van der Waals surface area contributed by atoms with Crippen molar-refractivity contribution in [3.8, 4) is 0 Å². The van der Waals surface area contributed by atoms with Crippen LogP contribution < -0.4 is 5.32 Å². The van der Waals surface area contributed by atoms with Gasteiger partial charge in [-0.25, -0.2) is 0 Å². The van der Waals surface area contributed by atoms with Crippen molar-refractivity contribution in [2.75, 3.05) is 6.54 Å². The molecule has 1 heterocycles. The molecule has 1 aromatic carbocycles. The van der Waals surface area contributed by atoms with Gasteiger partial charge in [-0.1, -0.05) is 25.1 Å². The van der Waals surface area contributed by atoms with Crippen LogP contribution in [0.2, 0.25) is 0 Å². The first-order valence-electron chi connectivity index (χ1n) is 7.85. The summed E-state index contributed by atoms with van der Waals surface area (Å²) in [6.07, 6.45) is 7.40. The Labute approximate surface area is 128 Å². The molecule has 0 amide bonds. The number of likely N-dealkylation sites (N-methyl/N-ethyl adjacent to an activating group) is 1. The molecule has 0 bridgehead atoms. The molecule has 1 atom stereocenters. The van der Waals surface area contributed by atoms with Crippen molar-refractivity contribution in [1.29, 1.82) is 0 Å². The zero-order valence-corrected chi connectivity index (χ0v) is 13.7. The van der Waals surface area contributed by atoms with Gasteiger partial charge in [0.2, 0.25) is 0 Å². The highest BCUT2D eigenvalue weighted by molar-refractivity contribution is 5.30. The Bertz CT molecular complexity index is 572. The van der Waals surface area contributed by atoms with E-state index in [4.69, 9.17) is 0 Å². The van der Waals surface area contributed by atoms with Crippen molar-refractivity contribution < 1.29 is 0 Å². The molecule has 2 aromatic rings. The molecule has 0 fully saturated rings. The minimum absolute atomic E-state index is 0.525. The van der Waals surface area contributed by atoms with Gasteiger partial charge in [-0.15, -0.1) is 0 Å². The molecule has 0 aliphatic heterocycles. The zero-order valence-electron chi connectivity index (χ0n) is 13.7. The van der Waals surface area contributed by atoms with E-state index in [9.17, 15) is 0 Å². The minimum atomic E-state index is 0.525. The molecule has 3 nitrogen and oxygen atoms in total. The molecule has 114 valence electrons. The summed E-state index contributed by atoms with van der Waals surface area (Å²) in [5.74, 6) is 0.